The minimum atomic E-state index is -0.558. The summed E-state index contributed by atoms with van der Waals surface area (Å²) in [5.74, 6) is -0.117. The number of halogens is 1. The number of ketones is 1. The maximum Gasteiger partial charge on any atom is 0.223 e. The summed E-state index contributed by atoms with van der Waals surface area (Å²) in [5.41, 5.74) is 5.83. The van der Waals surface area contributed by atoms with Crippen LogP contribution in [0.5, 0.6) is 0 Å². The Hall–Kier alpha value is -0.650. The Morgan fingerprint density at radius 3 is 2.82 bits per heavy atom. The van der Waals surface area contributed by atoms with Crippen molar-refractivity contribution in [2.75, 3.05) is 13.2 Å². The molecule has 2 aliphatic rings. The Balaban J connectivity index is 0.00000144. The molecule has 2 aliphatic heterocycles. The zero-order chi connectivity index (χ0) is 11.5. The Bertz CT molecular complexity index is 292. The van der Waals surface area contributed by atoms with E-state index in [-0.39, 0.29) is 36.1 Å². The van der Waals surface area contributed by atoms with Gasteiger partial charge in [0.25, 0.3) is 0 Å². The Morgan fingerprint density at radius 1 is 1.53 bits per heavy atom. The number of rotatable bonds is 4. The maximum atomic E-state index is 11.9. The second-order valence-corrected chi connectivity index (χ2v) is 4.52. The monoisotopic (exact) mass is 262 g/mol. The standard InChI is InChI=1S/C11H18N2O3.ClH/c12-8(6-7-3-4-13-11(7)15)10(14)9-2-1-5-16-9;/h7-9H,1-6,12H2,(H,13,15);1H/t7-,8?,9?;/m0./s1. The lowest BCUT2D eigenvalue weighted by atomic mass is 9.94. The van der Waals surface area contributed by atoms with Crippen LogP contribution in [0.25, 0.3) is 0 Å². The molecule has 98 valence electrons. The molecule has 17 heavy (non-hydrogen) atoms. The van der Waals surface area contributed by atoms with Gasteiger partial charge in [0.2, 0.25) is 5.91 Å². The van der Waals surface area contributed by atoms with Crippen LogP contribution in [0.1, 0.15) is 25.7 Å². The number of amides is 1. The van der Waals surface area contributed by atoms with E-state index < -0.39 is 6.04 Å². The summed E-state index contributed by atoms with van der Waals surface area (Å²) in [7, 11) is 0. The van der Waals surface area contributed by atoms with Crippen molar-refractivity contribution in [3.63, 3.8) is 0 Å². The van der Waals surface area contributed by atoms with Crippen molar-refractivity contribution in [3.05, 3.63) is 0 Å². The van der Waals surface area contributed by atoms with Crippen molar-refractivity contribution in [2.45, 2.75) is 37.8 Å². The quantitative estimate of drug-likeness (QED) is 0.748. The molecule has 3 atom stereocenters. The van der Waals surface area contributed by atoms with Crippen molar-refractivity contribution in [1.82, 2.24) is 5.32 Å². The van der Waals surface area contributed by atoms with E-state index in [1.807, 2.05) is 0 Å². The van der Waals surface area contributed by atoms with Gasteiger partial charge in [0.1, 0.15) is 6.10 Å². The smallest absolute Gasteiger partial charge is 0.223 e. The molecule has 2 rings (SSSR count). The summed E-state index contributed by atoms with van der Waals surface area (Å²) in [4.78, 5) is 23.2. The number of hydrogen-bond donors (Lipinski definition) is 2. The summed E-state index contributed by atoms with van der Waals surface area (Å²) in [6.07, 6.45) is 2.59. The zero-order valence-corrected chi connectivity index (χ0v) is 10.5. The first-order valence-electron chi connectivity index (χ1n) is 5.87. The van der Waals surface area contributed by atoms with Gasteiger partial charge in [-0.25, -0.2) is 0 Å². The van der Waals surface area contributed by atoms with E-state index >= 15 is 0 Å². The molecular formula is C11H19ClN2O3. The van der Waals surface area contributed by atoms with Crippen LogP contribution < -0.4 is 11.1 Å². The molecule has 2 fully saturated rings. The Morgan fingerprint density at radius 2 is 2.29 bits per heavy atom. The molecule has 0 spiro atoms. The van der Waals surface area contributed by atoms with Crippen LogP contribution in [0.3, 0.4) is 0 Å². The lowest BCUT2D eigenvalue weighted by Crippen LogP contribution is -2.40. The van der Waals surface area contributed by atoms with E-state index in [9.17, 15) is 9.59 Å². The molecule has 0 radical (unpaired) electrons. The third-order valence-corrected chi connectivity index (χ3v) is 3.31. The number of nitrogens with two attached hydrogens (primary N) is 1. The molecule has 3 N–H and O–H groups in total. The fourth-order valence-electron chi connectivity index (χ4n) is 2.33. The molecule has 6 heteroatoms. The highest BCUT2D eigenvalue weighted by atomic mass is 35.5. The molecule has 0 aromatic rings. The summed E-state index contributed by atoms with van der Waals surface area (Å²) in [6, 6.07) is -0.558. The van der Waals surface area contributed by atoms with Crippen LogP contribution >= 0.6 is 12.4 Å². The maximum absolute atomic E-state index is 11.9. The van der Waals surface area contributed by atoms with Gasteiger partial charge in [0.05, 0.1) is 6.04 Å². The first-order chi connectivity index (χ1) is 7.68. The second-order valence-electron chi connectivity index (χ2n) is 4.52. The van der Waals surface area contributed by atoms with E-state index in [2.05, 4.69) is 5.32 Å². The van der Waals surface area contributed by atoms with Gasteiger partial charge in [0, 0.05) is 19.1 Å². The van der Waals surface area contributed by atoms with Crippen LogP contribution in [-0.4, -0.2) is 37.0 Å². The summed E-state index contributed by atoms with van der Waals surface area (Å²) < 4.78 is 5.30. The van der Waals surface area contributed by atoms with Crippen LogP contribution in [0, 0.1) is 5.92 Å². The van der Waals surface area contributed by atoms with Gasteiger partial charge >= 0.3 is 0 Å². The largest absolute Gasteiger partial charge is 0.370 e. The van der Waals surface area contributed by atoms with E-state index in [1.165, 1.54) is 0 Å². The lowest BCUT2D eigenvalue weighted by molar-refractivity contribution is -0.130. The third-order valence-electron chi connectivity index (χ3n) is 3.31. The Kier molecular flexibility index (Phi) is 5.36. The van der Waals surface area contributed by atoms with Gasteiger partial charge in [-0.05, 0) is 25.7 Å². The molecule has 0 aromatic heterocycles. The van der Waals surface area contributed by atoms with Crippen molar-refractivity contribution in [2.24, 2.45) is 11.7 Å². The van der Waals surface area contributed by atoms with Gasteiger partial charge in [0.15, 0.2) is 5.78 Å². The molecule has 0 saturated carbocycles. The van der Waals surface area contributed by atoms with Crippen LogP contribution in [0.4, 0.5) is 0 Å². The lowest BCUT2D eigenvalue weighted by Gasteiger charge is -2.17. The highest BCUT2D eigenvalue weighted by Gasteiger charge is 2.32. The van der Waals surface area contributed by atoms with Crippen molar-refractivity contribution in [1.29, 1.82) is 0 Å². The molecule has 2 saturated heterocycles. The van der Waals surface area contributed by atoms with Crippen molar-refractivity contribution < 1.29 is 14.3 Å². The van der Waals surface area contributed by atoms with Crippen molar-refractivity contribution in [3.8, 4) is 0 Å². The number of Topliss-reactive ketones (excluding diaryl/α,β-unsaturated/α-hetero) is 1. The Labute approximate surface area is 107 Å². The minimum absolute atomic E-state index is 0. The number of hydrogen-bond acceptors (Lipinski definition) is 4. The second kappa shape index (κ2) is 6.33. The normalized spacial score (nSPS) is 29.6. The fourth-order valence-corrected chi connectivity index (χ4v) is 2.33. The van der Waals surface area contributed by atoms with Crippen molar-refractivity contribution >= 4 is 24.1 Å². The number of ether oxygens (including phenoxy) is 1. The molecular weight excluding hydrogens is 244 g/mol. The third kappa shape index (κ3) is 3.40. The van der Waals surface area contributed by atoms with E-state index in [1.54, 1.807) is 0 Å². The van der Waals surface area contributed by atoms with E-state index in [0.29, 0.717) is 19.6 Å². The predicted molar refractivity (Wildman–Crippen MR) is 64.9 cm³/mol. The summed E-state index contributed by atoms with van der Waals surface area (Å²) in [6.45, 7) is 1.34. The first kappa shape index (κ1) is 14.4. The molecule has 5 nitrogen and oxygen atoms in total. The number of carbonyl (C=O) groups is 2. The number of nitrogens with one attached hydrogen (secondary N) is 1. The minimum Gasteiger partial charge on any atom is -0.370 e. The van der Waals surface area contributed by atoms with Crippen LogP contribution in [0.15, 0.2) is 0 Å². The molecule has 2 unspecified atom stereocenters. The van der Waals surface area contributed by atoms with Gasteiger partial charge in [-0.1, -0.05) is 0 Å². The predicted octanol–water partition coefficient (Wildman–Crippen LogP) is 0.00980. The average Bonchev–Trinajstić information content (AvgIpc) is 2.89. The SMILES string of the molecule is Cl.NC(C[C@@H]1CCNC1=O)C(=O)C1CCCO1. The molecule has 0 aromatic carbocycles. The topological polar surface area (TPSA) is 81.4 Å². The zero-order valence-electron chi connectivity index (χ0n) is 9.69. The van der Waals surface area contributed by atoms with Crippen LogP contribution in [0.2, 0.25) is 0 Å². The highest BCUT2D eigenvalue weighted by Crippen LogP contribution is 2.19. The van der Waals surface area contributed by atoms with Crippen LogP contribution in [-0.2, 0) is 14.3 Å². The first-order valence-corrected chi connectivity index (χ1v) is 5.87. The molecule has 0 aliphatic carbocycles. The molecule has 1 amide bonds. The summed E-state index contributed by atoms with van der Waals surface area (Å²) >= 11 is 0. The van der Waals surface area contributed by atoms with Gasteiger partial charge in [-0.3, -0.25) is 9.59 Å². The number of carbonyl (C=O) groups excluding carboxylic acids is 2. The van der Waals surface area contributed by atoms with E-state index in [4.69, 9.17) is 10.5 Å². The van der Waals surface area contributed by atoms with Gasteiger partial charge in [-0.15, -0.1) is 12.4 Å². The fraction of sp³-hybridized carbons (Fsp3) is 0.818. The van der Waals surface area contributed by atoms with Gasteiger partial charge in [-0.2, -0.15) is 0 Å². The molecule has 2 heterocycles. The van der Waals surface area contributed by atoms with Gasteiger partial charge < -0.3 is 15.8 Å². The summed E-state index contributed by atoms with van der Waals surface area (Å²) in [5, 5.41) is 2.75. The average molecular weight is 263 g/mol. The molecule has 0 bridgehead atoms. The van der Waals surface area contributed by atoms with E-state index in [0.717, 1.165) is 19.3 Å². The highest BCUT2D eigenvalue weighted by molar-refractivity contribution is 5.89.